The molecule has 2 amide bonds. The van der Waals surface area contributed by atoms with Crippen LogP contribution in [-0.4, -0.2) is 25.0 Å². The number of anilines is 2. The summed E-state index contributed by atoms with van der Waals surface area (Å²) in [5.74, 6) is -0.228. The van der Waals surface area contributed by atoms with E-state index < -0.39 is 5.91 Å². The van der Waals surface area contributed by atoms with E-state index in [0.29, 0.717) is 48.7 Å². The Morgan fingerprint density at radius 3 is 2.49 bits per heavy atom. The van der Waals surface area contributed by atoms with Crippen molar-refractivity contribution in [1.29, 1.82) is 5.26 Å². The normalized spacial score (nSPS) is 10.9. The van der Waals surface area contributed by atoms with Gasteiger partial charge in [0.25, 0.3) is 11.8 Å². The number of halogens is 3. The Kier molecular flexibility index (Phi) is 10.2. The first-order valence-electron chi connectivity index (χ1n) is 11.0. The molecule has 0 fully saturated rings. The van der Waals surface area contributed by atoms with E-state index in [1.165, 1.54) is 6.08 Å². The molecule has 190 valence electrons. The highest BCUT2D eigenvalue weighted by Gasteiger charge is 2.16. The second-order valence-corrected chi connectivity index (χ2v) is 9.64. The number of nitrogens with one attached hydrogen (secondary N) is 2. The Bertz CT molecular complexity index is 1400. The molecule has 7 nitrogen and oxygen atoms in total. The van der Waals surface area contributed by atoms with Crippen LogP contribution < -0.4 is 20.1 Å². The minimum atomic E-state index is -0.600. The first-order chi connectivity index (χ1) is 17.7. The maximum absolute atomic E-state index is 12.7. The average Bonchev–Trinajstić information content (AvgIpc) is 2.85. The standard InChI is InChI=1S/C27H22Cl2IN3O4/c1-3-36-24-12-17(10-18(14-31)27(35)33-23-7-5-4-6-20(23)28)11-22(30)26(24)37-15-25(34)32-19-9-8-16(2)21(29)13-19/h4-13H,3,15H2,1-2H3,(H,32,34)(H,33,35)/b18-10+. The van der Waals surface area contributed by atoms with Gasteiger partial charge in [-0.05, 0) is 90.0 Å². The molecule has 10 heteroatoms. The number of amides is 2. The molecule has 3 aromatic rings. The van der Waals surface area contributed by atoms with Gasteiger partial charge in [0.05, 0.1) is 20.9 Å². The Hall–Kier alpha value is -3.26. The van der Waals surface area contributed by atoms with Crippen molar-refractivity contribution in [3.63, 3.8) is 0 Å². The quantitative estimate of drug-likeness (QED) is 0.150. The molecule has 3 aromatic carbocycles. The lowest BCUT2D eigenvalue weighted by Crippen LogP contribution is -2.20. The number of nitrogens with zero attached hydrogens (tertiary/aromatic N) is 1. The van der Waals surface area contributed by atoms with Crippen LogP contribution in [0.1, 0.15) is 18.1 Å². The van der Waals surface area contributed by atoms with E-state index in [-0.39, 0.29) is 18.1 Å². The summed E-state index contributed by atoms with van der Waals surface area (Å²) < 4.78 is 12.1. The van der Waals surface area contributed by atoms with E-state index in [2.05, 4.69) is 10.6 Å². The SMILES string of the molecule is CCOc1cc(/C=C(\C#N)C(=O)Nc2ccccc2Cl)cc(I)c1OCC(=O)Nc1ccc(C)c(Cl)c1. The van der Waals surface area contributed by atoms with Crippen molar-refractivity contribution < 1.29 is 19.1 Å². The second kappa shape index (κ2) is 13.3. The number of carbonyl (C=O) groups excluding carboxylic acids is 2. The highest BCUT2D eigenvalue weighted by atomic mass is 127. The smallest absolute Gasteiger partial charge is 0.266 e. The van der Waals surface area contributed by atoms with Gasteiger partial charge in [0, 0.05) is 10.7 Å². The number of hydrogen-bond acceptors (Lipinski definition) is 5. The number of hydrogen-bond donors (Lipinski definition) is 2. The van der Waals surface area contributed by atoms with Crippen LogP contribution in [0, 0.1) is 21.8 Å². The largest absolute Gasteiger partial charge is 0.490 e. The van der Waals surface area contributed by atoms with E-state index in [1.54, 1.807) is 48.5 Å². The van der Waals surface area contributed by atoms with E-state index >= 15 is 0 Å². The van der Waals surface area contributed by atoms with Gasteiger partial charge in [-0.3, -0.25) is 9.59 Å². The molecule has 0 spiro atoms. The molecule has 0 saturated carbocycles. The predicted molar refractivity (Wildman–Crippen MR) is 154 cm³/mol. The van der Waals surface area contributed by atoms with Gasteiger partial charge in [0.2, 0.25) is 0 Å². The minimum absolute atomic E-state index is 0.122. The summed E-state index contributed by atoms with van der Waals surface area (Å²) in [4.78, 5) is 25.1. The van der Waals surface area contributed by atoms with Gasteiger partial charge in [-0.2, -0.15) is 5.26 Å². The molecule has 0 unspecified atom stereocenters. The second-order valence-electron chi connectivity index (χ2n) is 7.67. The summed E-state index contributed by atoms with van der Waals surface area (Å²) in [5, 5.41) is 15.9. The maximum Gasteiger partial charge on any atom is 0.266 e. The molecule has 0 aliphatic rings. The van der Waals surface area contributed by atoms with Crippen LogP contribution in [0.4, 0.5) is 11.4 Å². The molecule has 0 saturated heterocycles. The molecule has 2 N–H and O–H groups in total. The molecule has 0 aliphatic heterocycles. The Morgan fingerprint density at radius 1 is 1.05 bits per heavy atom. The zero-order chi connectivity index (χ0) is 26.9. The number of aryl methyl sites for hydroxylation is 1. The van der Waals surface area contributed by atoms with Crippen molar-refractivity contribution in [2.45, 2.75) is 13.8 Å². The van der Waals surface area contributed by atoms with E-state index in [0.717, 1.165) is 5.56 Å². The van der Waals surface area contributed by atoms with Gasteiger partial charge in [0.15, 0.2) is 18.1 Å². The van der Waals surface area contributed by atoms with Crippen LogP contribution in [-0.2, 0) is 9.59 Å². The fourth-order valence-corrected chi connectivity index (χ4v) is 4.29. The van der Waals surface area contributed by atoms with Gasteiger partial charge in [-0.1, -0.05) is 41.4 Å². The molecule has 0 aliphatic carbocycles. The molecule has 3 rings (SSSR count). The predicted octanol–water partition coefficient (Wildman–Crippen LogP) is 6.87. The third kappa shape index (κ3) is 7.86. The third-order valence-electron chi connectivity index (χ3n) is 4.93. The molecule has 37 heavy (non-hydrogen) atoms. The first-order valence-corrected chi connectivity index (χ1v) is 12.9. The van der Waals surface area contributed by atoms with Gasteiger partial charge in [0.1, 0.15) is 11.6 Å². The van der Waals surface area contributed by atoms with Crippen molar-refractivity contribution in [1.82, 2.24) is 0 Å². The van der Waals surface area contributed by atoms with Crippen LogP contribution in [0.25, 0.3) is 6.08 Å². The summed E-state index contributed by atoms with van der Waals surface area (Å²) in [6.07, 6.45) is 1.44. The fraction of sp³-hybridized carbons (Fsp3) is 0.148. The molecule has 0 atom stereocenters. The molecule has 0 heterocycles. The van der Waals surface area contributed by atoms with Crippen LogP contribution in [0.15, 0.2) is 60.2 Å². The van der Waals surface area contributed by atoms with Crippen LogP contribution in [0.5, 0.6) is 11.5 Å². The molecule has 0 bridgehead atoms. The topological polar surface area (TPSA) is 100 Å². The van der Waals surface area contributed by atoms with Crippen LogP contribution in [0.3, 0.4) is 0 Å². The maximum atomic E-state index is 12.7. The van der Waals surface area contributed by atoms with Crippen molar-refractivity contribution in [3.8, 4) is 17.6 Å². The minimum Gasteiger partial charge on any atom is -0.490 e. The van der Waals surface area contributed by atoms with E-state index in [9.17, 15) is 14.9 Å². The highest BCUT2D eigenvalue weighted by molar-refractivity contribution is 14.1. The summed E-state index contributed by atoms with van der Waals surface area (Å²) in [7, 11) is 0. The highest BCUT2D eigenvalue weighted by Crippen LogP contribution is 2.35. The van der Waals surface area contributed by atoms with Crippen LogP contribution in [0.2, 0.25) is 10.0 Å². The molecule has 0 radical (unpaired) electrons. The zero-order valence-corrected chi connectivity index (χ0v) is 23.6. The number of ether oxygens (including phenoxy) is 2. The third-order valence-corrected chi connectivity index (χ3v) is 6.47. The summed E-state index contributed by atoms with van der Waals surface area (Å²) in [6.45, 7) is 3.76. The molecular weight excluding hydrogens is 628 g/mol. The van der Waals surface area contributed by atoms with E-state index in [4.69, 9.17) is 32.7 Å². The van der Waals surface area contributed by atoms with E-state index in [1.807, 2.05) is 48.6 Å². The lowest BCUT2D eigenvalue weighted by Gasteiger charge is -2.15. The van der Waals surface area contributed by atoms with Crippen molar-refractivity contribution in [2.24, 2.45) is 0 Å². The zero-order valence-electron chi connectivity index (χ0n) is 19.9. The average molecular weight is 650 g/mol. The van der Waals surface area contributed by atoms with Crippen LogP contribution >= 0.6 is 45.8 Å². The molecular formula is C27H22Cl2IN3O4. The number of nitriles is 1. The summed E-state index contributed by atoms with van der Waals surface area (Å²) in [5.41, 5.74) is 2.29. The van der Waals surface area contributed by atoms with Gasteiger partial charge >= 0.3 is 0 Å². The number of para-hydroxylation sites is 1. The monoisotopic (exact) mass is 649 g/mol. The van der Waals surface area contributed by atoms with Crippen molar-refractivity contribution in [2.75, 3.05) is 23.8 Å². The fourth-order valence-electron chi connectivity index (χ4n) is 3.15. The first kappa shape index (κ1) is 28.3. The Balaban J connectivity index is 1.77. The van der Waals surface area contributed by atoms with Gasteiger partial charge in [-0.25, -0.2) is 0 Å². The Morgan fingerprint density at radius 2 is 1.81 bits per heavy atom. The number of carbonyl (C=O) groups is 2. The Labute approximate surface area is 238 Å². The molecule has 0 aromatic heterocycles. The number of benzene rings is 3. The van der Waals surface area contributed by atoms with Gasteiger partial charge < -0.3 is 20.1 Å². The van der Waals surface area contributed by atoms with Crippen molar-refractivity contribution in [3.05, 3.63) is 84.9 Å². The number of rotatable bonds is 9. The van der Waals surface area contributed by atoms with Crippen molar-refractivity contribution >= 4 is 75.1 Å². The summed E-state index contributed by atoms with van der Waals surface area (Å²) >= 11 is 14.3. The lowest BCUT2D eigenvalue weighted by molar-refractivity contribution is -0.118. The lowest BCUT2D eigenvalue weighted by atomic mass is 10.1. The van der Waals surface area contributed by atoms with Gasteiger partial charge in [-0.15, -0.1) is 0 Å². The summed E-state index contributed by atoms with van der Waals surface area (Å²) in [6, 6.07) is 17.2.